The van der Waals surface area contributed by atoms with Crippen LogP contribution in [0.4, 0.5) is 0 Å². The number of thioether (sulfide) groups is 1. The average Bonchev–Trinajstić information content (AvgIpc) is 2.30. The van der Waals surface area contributed by atoms with Gasteiger partial charge in [-0.25, -0.2) is 9.97 Å². The molecule has 90 valence electrons. The Morgan fingerprint density at radius 3 is 2.69 bits per heavy atom. The van der Waals surface area contributed by atoms with Crippen molar-refractivity contribution in [2.75, 3.05) is 12.4 Å². The molecule has 4 nitrogen and oxygen atoms in total. The van der Waals surface area contributed by atoms with Gasteiger partial charge in [0.2, 0.25) is 0 Å². The lowest BCUT2D eigenvalue weighted by molar-refractivity contribution is 0.113. The van der Waals surface area contributed by atoms with Gasteiger partial charge < -0.3 is 10.2 Å². The average molecular weight is 263 g/mol. The number of rotatable bonds is 5. The molecule has 6 heteroatoms. The maximum absolute atomic E-state index is 9.26. The maximum atomic E-state index is 9.26. The first kappa shape index (κ1) is 13.7. The Labute approximate surface area is 104 Å². The third-order valence-corrected chi connectivity index (χ3v) is 3.62. The predicted molar refractivity (Wildman–Crippen MR) is 65.0 cm³/mol. The van der Waals surface area contributed by atoms with Crippen LogP contribution in [-0.4, -0.2) is 38.6 Å². The predicted octanol–water partition coefficient (Wildman–Crippen LogP) is 1.45. The zero-order chi connectivity index (χ0) is 12.1. The van der Waals surface area contributed by atoms with Gasteiger partial charge in [0.05, 0.1) is 12.7 Å². The second-order valence-corrected chi connectivity index (χ2v) is 4.73. The Hall–Kier alpha value is -0.360. The summed E-state index contributed by atoms with van der Waals surface area (Å²) < 4.78 is 0. The molecule has 1 aromatic rings. The van der Waals surface area contributed by atoms with E-state index in [1.165, 1.54) is 11.8 Å². The second-order valence-electron chi connectivity index (χ2n) is 3.36. The number of halogens is 1. The topological polar surface area (TPSA) is 66.2 Å². The molecular formula is C10H15ClN2O2S. The van der Waals surface area contributed by atoms with E-state index < -0.39 is 6.10 Å². The number of aryl methyl sites for hydroxylation is 1. The molecule has 0 bridgehead atoms. The van der Waals surface area contributed by atoms with E-state index in [1.807, 2.05) is 13.8 Å². The van der Waals surface area contributed by atoms with Crippen molar-refractivity contribution in [3.05, 3.63) is 16.5 Å². The molecule has 0 radical (unpaired) electrons. The van der Waals surface area contributed by atoms with Gasteiger partial charge in [0.1, 0.15) is 16.0 Å². The minimum absolute atomic E-state index is 0.245. The molecule has 2 N–H and O–H groups in total. The molecule has 0 aromatic carbocycles. The monoisotopic (exact) mass is 262 g/mol. The van der Waals surface area contributed by atoms with Crippen LogP contribution < -0.4 is 0 Å². The maximum Gasteiger partial charge on any atom is 0.136 e. The summed E-state index contributed by atoms with van der Waals surface area (Å²) in [6, 6.07) is 0. The molecule has 1 unspecified atom stereocenters. The van der Waals surface area contributed by atoms with Crippen molar-refractivity contribution in [2.45, 2.75) is 31.4 Å². The highest BCUT2D eigenvalue weighted by Crippen LogP contribution is 2.25. The van der Waals surface area contributed by atoms with Gasteiger partial charge in [-0.3, -0.25) is 0 Å². The molecule has 0 spiro atoms. The first-order valence-corrected chi connectivity index (χ1v) is 6.39. The van der Waals surface area contributed by atoms with Crippen LogP contribution in [0.25, 0.3) is 0 Å². The highest BCUT2D eigenvalue weighted by Gasteiger charge is 2.11. The van der Waals surface area contributed by atoms with Crippen LogP contribution in [0.3, 0.4) is 0 Å². The van der Waals surface area contributed by atoms with Crippen LogP contribution in [0.2, 0.25) is 5.15 Å². The number of aliphatic hydroxyl groups is 2. The third kappa shape index (κ3) is 3.59. The van der Waals surface area contributed by atoms with Gasteiger partial charge in [-0.1, -0.05) is 18.5 Å². The van der Waals surface area contributed by atoms with E-state index in [1.54, 1.807) is 0 Å². The van der Waals surface area contributed by atoms with Crippen molar-refractivity contribution < 1.29 is 10.2 Å². The summed E-state index contributed by atoms with van der Waals surface area (Å²) in [7, 11) is 0. The lowest BCUT2D eigenvalue weighted by Crippen LogP contribution is -2.15. The third-order valence-electron chi connectivity index (χ3n) is 2.03. The number of hydrogen-bond acceptors (Lipinski definition) is 5. The molecule has 1 atom stereocenters. The smallest absolute Gasteiger partial charge is 0.136 e. The zero-order valence-electron chi connectivity index (χ0n) is 9.27. The molecule has 0 saturated heterocycles. The molecule has 1 aromatic heterocycles. The van der Waals surface area contributed by atoms with Gasteiger partial charge in [-0.15, -0.1) is 11.8 Å². The van der Waals surface area contributed by atoms with Gasteiger partial charge in [0.15, 0.2) is 0 Å². The zero-order valence-corrected chi connectivity index (χ0v) is 10.8. The minimum atomic E-state index is -0.733. The largest absolute Gasteiger partial charge is 0.394 e. The quantitative estimate of drug-likeness (QED) is 0.621. The molecule has 16 heavy (non-hydrogen) atoms. The fourth-order valence-corrected chi connectivity index (χ4v) is 2.22. The first-order chi connectivity index (χ1) is 7.58. The lowest BCUT2D eigenvalue weighted by Gasteiger charge is -2.10. The molecule has 0 amide bonds. The number of hydrogen-bond donors (Lipinski definition) is 2. The van der Waals surface area contributed by atoms with Gasteiger partial charge in [-0.05, 0) is 6.92 Å². The van der Waals surface area contributed by atoms with Gasteiger partial charge in [0.25, 0.3) is 0 Å². The molecule has 0 aliphatic rings. The summed E-state index contributed by atoms with van der Waals surface area (Å²) >= 11 is 7.35. The van der Waals surface area contributed by atoms with E-state index >= 15 is 0 Å². The first-order valence-electron chi connectivity index (χ1n) is 5.03. The highest BCUT2D eigenvalue weighted by atomic mass is 35.5. The number of nitrogens with zero attached hydrogens (tertiary/aromatic N) is 2. The molecule has 0 saturated carbocycles. The van der Waals surface area contributed by atoms with Crippen LogP contribution in [0.1, 0.15) is 18.3 Å². The normalized spacial score (nSPS) is 12.8. The minimum Gasteiger partial charge on any atom is -0.394 e. The van der Waals surface area contributed by atoms with Crippen LogP contribution in [0.15, 0.2) is 5.03 Å². The fraction of sp³-hybridized carbons (Fsp3) is 0.600. The van der Waals surface area contributed by atoms with Crippen molar-refractivity contribution in [3.8, 4) is 0 Å². The molecule has 0 aliphatic carbocycles. The SMILES string of the molecule is CCc1nc(Cl)c(C)c(SCC(O)CO)n1. The Morgan fingerprint density at radius 2 is 2.12 bits per heavy atom. The van der Waals surface area contributed by atoms with E-state index in [4.69, 9.17) is 16.7 Å². The van der Waals surface area contributed by atoms with Crippen LogP contribution in [-0.2, 0) is 6.42 Å². The van der Waals surface area contributed by atoms with Gasteiger partial charge in [0, 0.05) is 17.7 Å². The molecule has 0 aliphatic heterocycles. The Bertz CT molecular complexity index is 363. The molecule has 1 heterocycles. The summed E-state index contributed by atoms with van der Waals surface area (Å²) in [5.41, 5.74) is 0.814. The van der Waals surface area contributed by atoms with Crippen molar-refractivity contribution >= 4 is 23.4 Å². The van der Waals surface area contributed by atoms with E-state index in [0.717, 1.165) is 17.0 Å². The van der Waals surface area contributed by atoms with E-state index in [0.29, 0.717) is 16.7 Å². The Kier molecular flexibility index (Phi) is 5.48. The van der Waals surface area contributed by atoms with Crippen LogP contribution >= 0.6 is 23.4 Å². The van der Waals surface area contributed by atoms with Crippen molar-refractivity contribution in [3.63, 3.8) is 0 Å². The summed E-state index contributed by atoms with van der Waals surface area (Å²) in [6.07, 6.45) is -0.0148. The van der Waals surface area contributed by atoms with Crippen molar-refractivity contribution in [1.29, 1.82) is 0 Å². The van der Waals surface area contributed by atoms with E-state index in [-0.39, 0.29) is 6.61 Å². The Morgan fingerprint density at radius 1 is 1.44 bits per heavy atom. The van der Waals surface area contributed by atoms with Crippen molar-refractivity contribution in [2.24, 2.45) is 0 Å². The van der Waals surface area contributed by atoms with Crippen LogP contribution in [0, 0.1) is 6.92 Å². The standard InChI is InChI=1S/C10H15ClN2O2S/c1-3-8-12-9(11)6(2)10(13-8)16-5-7(15)4-14/h7,14-15H,3-5H2,1-2H3. The summed E-state index contributed by atoms with van der Waals surface area (Å²) in [5.74, 6) is 1.09. The molecule has 1 rings (SSSR count). The summed E-state index contributed by atoms with van der Waals surface area (Å²) in [5, 5.41) is 19.2. The molecule has 0 fully saturated rings. The van der Waals surface area contributed by atoms with E-state index in [9.17, 15) is 5.11 Å². The van der Waals surface area contributed by atoms with E-state index in [2.05, 4.69) is 9.97 Å². The fourth-order valence-electron chi connectivity index (χ4n) is 1.04. The second kappa shape index (κ2) is 6.39. The van der Waals surface area contributed by atoms with Crippen molar-refractivity contribution in [1.82, 2.24) is 9.97 Å². The van der Waals surface area contributed by atoms with Gasteiger partial charge in [-0.2, -0.15) is 0 Å². The lowest BCUT2D eigenvalue weighted by atomic mass is 10.3. The summed E-state index contributed by atoms with van der Waals surface area (Å²) in [4.78, 5) is 8.46. The summed E-state index contributed by atoms with van der Waals surface area (Å²) in [6.45, 7) is 3.55. The highest BCUT2D eigenvalue weighted by molar-refractivity contribution is 7.99. The van der Waals surface area contributed by atoms with Crippen LogP contribution in [0.5, 0.6) is 0 Å². The Balaban J connectivity index is 2.82. The number of aliphatic hydroxyl groups excluding tert-OH is 2. The van der Waals surface area contributed by atoms with Gasteiger partial charge >= 0.3 is 0 Å². The number of aromatic nitrogens is 2. The molecular weight excluding hydrogens is 248 g/mol.